The van der Waals surface area contributed by atoms with Crippen LogP contribution in [-0.2, 0) is 6.54 Å². The van der Waals surface area contributed by atoms with Crippen molar-refractivity contribution in [2.45, 2.75) is 20.4 Å². The first kappa shape index (κ1) is 13.1. The Hall–Kier alpha value is -2.36. The largest absolute Gasteiger partial charge is 0.397 e. The molecule has 0 saturated carbocycles. The average molecular weight is 255 g/mol. The molecule has 0 unspecified atom stereocenters. The fourth-order valence-corrected chi connectivity index (χ4v) is 1.76. The second-order valence-electron chi connectivity index (χ2n) is 4.57. The highest BCUT2D eigenvalue weighted by Gasteiger charge is 2.09. The summed E-state index contributed by atoms with van der Waals surface area (Å²) in [6.07, 6.45) is 1.55. The minimum absolute atomic E-state index is 0.155. The number of nitrogens with one attached hydrogen (secondary N) is 1. The maximum atomic E-state index is 12.1. The highest BCUT2D eigenvalue weighted by Crippen LogP contribution is 2.10. The number of hydrogen-bond acceptors (Lipinski definition) is 3. The standard InChI is InChI=1S/C15H17N3O/c1-10-3-5-12(6-4-10)8-18-15(19)14-7-13(16)9-17-11(14)2/h3-7,9H,8,16H2,1-2H3,(H,18,19). The predicted octanol–water partition coefficient (Wildman–Crippen LogP) is 2.21. The normalized spacial score (nSPS) is 10.2. The Morgan fingerprint density at radius 3 is 2.63 bits per heavy atom. The molecule has 19 heavy (non-hydrogen) atoms. The second-order valence-corrected chi connectivity index (χ2v) is 4.57. The first-order valence-electron chi connectivity index (χ1n) is 6.12. The van der Waals surface area contributed by atoms with Gasteiger partial charge in [0.25, 0.3) is 5.91 Å². The Labute approximate surface area is 112 Å². The highest BCUT2D eigenvalue weighted by atomic mass is 16.1. The van der Waals surface area contributed by atoms with Crippen LogP contribution in [0.2, 0.25) is 0 Å². The number of anilines is 1. The van der Waals surface area contributed by atoms with Crippen LogP contribution in [0.5, 0.6) is 0 Å². The molecule has 0 aliphatic rings. The number of aromatic nitrogens is 1. The molecule has 0 radical (unpaired) electrons. The van der Waals surface area contributed by atoms with Gasteiger partial charge >= 0.3 is 0 Å². The van der Waals surface area contributed by atoms with Crippen LogP contribution >= 0.6 is 0 Å². The van der Waals surface area contributed by atoms with Gasteiger partial charge in [-0.15, -0.1) is 0 Å². The van der Waals surface area contributed by atoms with E-state index in [4.69, 9.17) is 5.73 Å². The van der Waals surface area contributed by atoms with Gasteiger partial charge in [0.15, 0.2) is 0 Å². The van der Waals surface area contributed by atoms with Gasteiger partial charge in [0, 0.05) is 6.54 Å². The van der Waals surface area contributed by atoms with E-state index in [0.29, 0.717) is 23.5 Å². The number of nitrogens with two attached hydrogens (primary N) is 1. The van der Waals surface area contributed by atoms with Crippen molar-refractivity contribution in [2.24, 2.45) is 0 Å². The third-order valence-electron chi connectivity index (χ3n) is 2.93. The SMILES string of the molecule is Cc1ccc(CNC(=O)c2cc(N)cnc2C)cc1. The van der Waals surface area contributed by atoms with Crippen LogP contribution < -0.4 is 11.1 Å². The summed E-state index contributed by atoms with van der Waals surface area (Å²) in [7, 11) is 0. The Bertz CT molecular complexity index is 591. The maximum absolute atomic E-state index is 12.1. The smallest absolute Gasteiger partial charge is 0.253 e. The lowest BCUT2D eigenvalue weighted by Gasteiger charge is -2.08. The van der Waals surface area contributed by atoms with Crippen molar-refractivity contribution in [2.75, 3.05) is 5.73 Å². The van der Waals surface area contributed by atoms with Crippen molar-refractivity contribution in [3.05, 3.63) is 58.9 Å². The Morgan fingerprint density at radius 1 is 1.26 bits per heavy atom. The number of nitrogen functional groups attached to an aromatic ring is 1. The molecule has 3 N–H and O–H groups in total. The molecule has 0 saturated heterocycles. The summed E-state index contributed by atoms with van der Waals surface area (Å²) in [6, 6.07) is 9.69. The van der Waals surface area contributed by atoms with Crippen molar-refractivity contribution >= 4 is 11.6 Å². The summed E-state index contributed by atoms with van der Waals surface area (Å²) in [4.78, 5) is 16.1. The van der Waals surface area contributed by atoms with Crippen molar-refractivity contribution in [1.29, 1.82) is 0 Å². The second kappa shape index (κ2) is 5.52. The minimum atomic E-state index is -0.155. The highest BCUT2D eigenvalue weighted by molar-refractivity contribution is 5.95. The summed E-state index contributed by atoms with van der Waals surface area (Å²) >= 11 is 0. The van der Waals surface area contributed by atoms with Gasteiger partial charge in [-0.25, -0.2) is 0 Å². The molecule has 1 aromatic carbocycles. The summed E-state index contributed by atoms with van der Waals surface area (Å²) < 4.78 is 0. The fourth-order valence-electron chi connectivity index (χ4n) is 1.76. The van der Waals surface area contributed by atoms with Crippen molar-refractivity contribution < 1.29 is 4.79 Å². The monoisotopic (exact) mass is 255 g/mol. The molecule has 1 heterocycles. The molecule has 0 atom stereocenters. The molecule has 0 spiro atoms. The zero-order chi connectivity index (χ0) is 13.8. The van der Waals surface area contributed by atoms with Crippen molar-refractivity contribution in [1.82, 2.24) is 10.3 Å². The number of nitrogens with zero attached hydrogens (tertiary/aromatic N) is 1. The van der Waals surface area contributed by atoms with Crippen LogP contribution in [0.3, 0.4) is 0 Å². The van der Waals surface area contributed by atoms with Crippen LogP contribution in [0.4, 0.5) is 5.69 Å². The maximum Gasteiger partial charge on any atom is 0.253 e. The Balaban J connectivity index is 2.05. The van der Waals surface area contributed by atoms with Crippen LogP contribution in [-0.4, -0.2) is 10.9 Å². The summed E-state index contributed by atoms with van der Waals surface area (Å²) in [5.41, 5.74) is 9.60. The molecule has 1 amide bonds. The van der Waals surface area contributed by atoms with Gasteiger partial charge < -0.3 is 11.1 Å². The third kappa shape index (κ3) is 3.31. The first-order valence-corrected chi connectivity index (χ1v) is 6.12. The van der Waals surface area contributed by atoms with E-state index in [9.17, 15) is 4.79 Å². The van der Waals surface area contributed by atoms with Crippen LogP contribution in [0.15, 0.2) is 36.5 Å². The van der Waals surface area contributed by atoms with Crippen LogP contribution in [0, 0.1) is 13.8 Å². The molecule has 2 rings (SSSR count). The lowest BCUT2D eigenvalue weighted by molar-refractivity contribution is 0.0950. The molecular weight excluding hydrogens is 238 g/mol. The van der Waals surface area contributed by atoms with E-state index in [1.165, 1.54) is 5.56 Å². The molecule has 0 aliphatic carbocycles. The Kier molecular flexibility index (Phi) is 3.80. The van der Waals surface area contributed by atoms with Gasteiger partial charge in [-0.05, 0) is 25.5 Å². The fraction of sp³-hybridized carbons (Fsp3) is 0.200. The number of rotatable bonds is 3. The lowest BCUT2D eigenvalue weighted by atomic mass is 10.1. The quantitative estimate of drug-likeness (QED) is 0.883. The van der Waals surface area contributed by atoms with Gasteiger partial charge in [-0.2, -0.15) is 0 Å². The van der Waals surface area contributed by atoms with Crippen molar-refractivity contribution in [3.8, 4) is 0 Å². The number of carbonyl (C=O) groups is 1. The minimum Gasteiger partial charge on any atom is -0.397 e. The summed E-state index contributed by atoms with van der Waals surface area (Å²) in [6.45, 7) is 4.32. The van der Waals surface area contributed by atoms with Gasteiger partial charge in [0.2, 0.25) is 0 Å². The van der Waals surface area contributed by atoms with Crippen LogP contribution in [0.1, 0.15) is 27.2 Å². The number of amides is 1. The number of hydrogen-bond donors (Lipinski definition) is 2. The number of carbonyl (C=O) groups excluding carboxylic acids is 1. The summed E-state index contributed by atoms with van der Waals surface area (Å²) in [5, 5.41) is 2.87. The van der Waals surface area contributed by atoms with Gasteiger partial charge in [0.1, 0.15) is 0 Å². The van der Waals surface area contributed by atoms with E-state index in [1.54, 1.807) is 19.2 Å². The molecular formula is C15H17N3O. The number of pyridine rings is 1. The topological polar surface area (TPSA) is 68.0 Å². The molecule has 2 aromatic rings. The molecule has 98 valence electrons. The average Bonchev–Trinajstić information content (AvgIpc) is 2.40. The molecule has 4 heteroatoms. The molecule has 4 nitrogen and oxygen atoms in total. The van der Waals surface area contributed by atoms with Gasteiger partial charge in [-0.3, -0.25) is 9.78 Å². The van der Waals surface area contributed by atoms with E-state index >= 15 is 0 Å². The molecule has 0 bridgehead atoms. The van der Waals surface area contributed by atoms with E-state index in [-0.39, 0.29) is 5.91 Å². The van der Waals surface area contributed by atoms with E-state index < -0.39 is 0 Å². The van der Waals surface area contributed by atoms with Gasteiger partial charge in [-0.1, -0.05) is 29.8 Å². The molecule has 0 fully saturated rings. The van der Waals surface area contributed by atoms with E-state index in [0.717, 1.165) is 5.56 Å². The first-order chi connectivity index (χ1) is 9.06. The third-order valence-corrected chi connectivity index (χ3v) is 2.93. The van der Waals surface area contributed by atoms with E-state index in [1.807, 2.05) is 31.2 Å². The molecule has 0 aliphatic heterocycles. The zero-order valence-electron chi connectivity index (χ0n) is 11.1. The zero-order valence-corrected chi connectivity index (χ0v) is 11.1. The number of aryl methyl sites for hydroxylation is 2. The van der Waals surface area contributed by atoms with Gasteiger partial charge in [0.05, 0.1) is 23.1 Å². The predicted molar refractivity (Wildman–Crippen MR) is 75.7 cm³/mol. The number of benzene rings is 1. The lowest BCUT2D eigenvalue weighted by Crippen LogP contribution is -2.24. The van der Waals surface area contributed by atoms with E-state index in [2.05, 4.69) is 10.3 Å². The Morgan fingerprint density at radius 2 is 1.95 bits per heavy atom. The molecule has 1 aromatic heterocycles. The summed E-state index contributed by atoms with van der Waals surface area (Å²) in [5.74, 6) is -0.155. The van der Waals surface area contributed by atoms with Crippen LogP contribution in [0.25, 0.3) is 0 Å². The van der Waals surface area contributed by atoms with Crippen molar-refractivity contribution in [3.63, 3.8) is 0 Å².